The fourth-order valence-electron chi connectivity index (χ4n) is 0.526. The molecule has 1 heteroatoms. The topological polar surface area (TPSA) is 9.23 Å². The molecule has 0 unspecified atom stereocenters. The molecule has 8 heavy (non-hydrogen) atoms. The third kappa shape index (κ3) is 1.25. The zero-order valence-corrected chi connectivity index (χ0v) is 5.48. The summed E-state index contributed by atoms with van der Waals surface area (Å²) in [7, 11) is 0. The number of hydrogen-bond donors (Lipinski definition) is 0. The molecule has 0 aromatic rings. The molecule has 0 atom stereocenters. The first-order valence-electron chi connectivity index (χ1n) is 3.06. The molecule has 0 aromatic heterocycles. The first-order valence-corrected chi connectivity index (χ1v) is 3.06. The molecule has 0 radical (unpaired) electrons. The Hall–Kier alpha value is -0.460. The van der Waals surface area contributed by atoms with Crippen LogP contribution in [0.3, 0.4) is 0 Å². The average molecular weight is 112 g/mol. The van der Waals surface area contributed by atoms with Gasteiger partial charge in [-0.3, -0.25) is 0 Å². The molecule has 1 rings (SSSR count). The van der Waals surface area contributed by atoms with E-state index in [1.54, 1.807) is 6.26 Å². The van der Waals surface area contributed by atoms with Crippen molar-refractivity contribution in [2.24, 2.45) is 0 Å². The molecule has 1 fully saturated rings. The van der Waals surface area contributed by atoms with Crippen LogP contribution >= 0.6 is 0 Å². The predicted octanol–water partition coefficient (Wildman–Crippen LogP) is 2.09. The third-order valence-electron chi connectivity index (χ3n) is 1.44. The second-order valence-corrected chi connectivity index (χ2v) is 2.54. The third-order valence-corrected chi connectivity index (χ3v) is 1.44. The van der Waals surface area contributed by atoms with Gasteiger partial charge in [-0.15, -0.1) is 0 Å². The van der Waals surface area contributed by atoms with Crippen LogP contribution in [-0.2, 0) is 4.74 Å². The summed E-state index contributed by atoms with van der Waals surface area (Å²) in [6.07, 6.45) is 6.13. The van der Waals surface area contributed by atoms with E-state index in [-0.39, 0.29) is 5.60 Å². The zero-order valence-electron chi connectivity index (χ0n) is 5.48. The smallest absolute Gasteiger partial charge is 0.106 e. The Kier molecular flexibility index (Phi) is 1.28. The molecule has 0 amide bonds. The van der Waals surface area contributed by atoms with Crippen LogP contribution in [0.25, 0.3) is 0 Å². The lowest BCUT2D eigenvalue weighted by molar-refractivity contribution is 0.139. The van der Waals surface area contributed by atoms with Crippen LogP contribution in [0.1, 0.15) is 26.7 Å². The van der Waals surface area contributed by atoms with Gasteiger partial charge in [-0.25, -0.2) is 0 Å². The largest absolute Gasteiger partial charge is 0.496 e. The highest BCUT2D eigenvalue weighted by molar-refractivity contribution is 4.92. The monoisotopic (exact) mass is 112 g/mol. The van der Waals surface area contributed by atoms with E-state index in [0.29, 0.717) is 0 Å². The number of rotatable bonds is 2. The molecule has 0 aliphatic heterocycles. The molecule has 46 valence electrons. The van der Waals surface area contributed by atoms with Gasteiger partial charge in [-0.2, -0.15) is 0 Å². The summed E-state index contributed by atoms with van der Waals surface area (Å²) in [5.41, 5.74) is 0.215. The van der Waals surface area contributed by atoms with Crippen molar-refractivity contribution in [2.75, 3.05) is 0 Å². The van der Waals surface area contributed by atoms with Crippen molar-refractivity contribution in [2.45, 2.75) is 32.3 Å². The molecule has 1 nitrogen and oxygen atoms in total. The van der Waals surface area contributed by atoms with Crippen molar-refractivity contribution in [1.29, 1.82) is 0 Å². The van der Waals surface area contributed by atoms with E-state index in [0.717, 1.165) is 0 Å². The first kappa shape index (κ1) is 5.67. The maximum atomic E-state index is 5.31. The summed E-state index contributed by atoms with van der Waals surface area (Å²) in [5, 5.41) is 0. The average Bonchev–Trinajstić information content (AvgIpc) is 2.45. The Balaban J connectivity index is 2.19. The summed E-state index contributed by atoms with van der Waals surface area (Å²) in [5.74, 6) is 0. The number of ether oxygens (including phenoxy) is 1. The maximum Gasteiger partial charge on any atom is 0.106 e. The summed E-state index contributed by atoms with van der Waals surface area (Å²) in [6, 6.07) is 0. The lowest BCUT2D eigenvalue weighted by Crippen LogP contribution is -2.01. The first-order chi connectivity index (χ1) is 3.77. The van der Waals surface area contributed by atoms with Gasteiger partial charge in [0, 0.05) is 0 Å². The molecule has 1 aliphatic rings. The minimum atomic E-state index is 0.215. The number of allylic oxidation sites excluding steroid dienone is 1. The van der Waals surface area contributed by atoms with Gasteiger partial charge >= 0.3 is 0 Å². The van der Waals surface area contributed by atoms with E-state index in [2.05, 4.69) is 6.92 Å². The minimum absolute atomic E-state index is 0.215. The van der Waals surface area contributed by atoms with E-state index in [9.17, 15) is 0 Å². The van der Waals surface area contributed by atoms with Gasteiger partial charge in [0.25, 0.3) is 0 Å². The standard InChI is InChI=1S/C7H12O/c1-3-6-8-7(2)4-5-7/h3,6H,4-5H2,1-2H3/b6-3+. The van der Waals surface area contributed by atoms with Crippen LogP contribution in [0.5, 0.6) is 0 Å². The van der Waals surface area contributed by atoms with E-state index in [1.807, 2.05) is 13.0 Å². The van der Waals surface area contributed by atoms with Crippen LogP contribution in [0, 0.1) is 0 Å². The highest BCUT2D eigenvalue weighted by Crippen LogP contribution is 2.38. The maximum absolute atomic E-state index is 5.31. The molecule has 1 saturated carbocycles. The van der Waals surface area contributed by atoms with Crippen LogP contribution in [0.15, 0.2) is 12.3 Å². The molecular weight excluding hydrogens is 100 g/mol. The van der Waals surface area contributed by atoms with E-state index in [4.69, 9.17) is 4.74 Å². The molecule has 0 aromatic carbocycles. The molecule has 0 heterocycles. The molecule has 0 spiro atoms. The Labute approximate surface area is 50.3 Å². The van der Waals surface area contributed by atoms with E-state index >= 15 is 0 Å². The van der Waals surface area contributed by atoms with Crippen molar-refractivity contribution in [3.8, 4) is 0 Å². The zero-order chi connectivity index (χ0) is 6.04. The van der Waals surface area contributed by atoms with Gasteiger partial charge < -0.3 is 4.74 Å². The second-order valence-electron chi connectivity index (χ2n) is 2.54. The Bertz CT molecular complexity index is 101. The molecule has 1 aliphatic carbocycles. The van der Waals surface area contributed by atoms with Crippen LogP contribution in [0.2, 0.25) is 0 Å². The molecular formula is C7H12O. The van der Waals surface area contributed by atoms with Crippen LogP contribution in [-0.4, -0.2) is 5.60 Å². The predicted molar refractivity (Wildman–Crippen MR) is 33.5 cm³/mol. The normalized spacial score (nSPS) is 23.8. The highest BCUT2D eigenvalue weighted by Gasteiger charge is 2.38. The van der Waals surface area contributed by atoms with Gasteiger partial charge in [-0.1, -0.05) is 6.08 Å². The van der Waals surface area contributed by atoms with Gasteiger partial charge in [0.05, 0.1) is 6.26 Å². The van der Waals surface area contributed by atoms with Gasteiger partial charge in [0.1, 0.15) is 5.60 Å². The van der Waals surface area contributed by atoms with Crippen molar-refractivity contribution < 1.29 is 4.74 Å². The van der Waals surface area contributed by atoms with Crippen molar-refractivity contribution in [3.63, 3.8) is 0 Å². The quantitative estimate of drug-likeness (QED) is 0.497. The summed E-state index contributed by atoms with van der Waals surface area (Å²) < 4.78 is 5.31. The van der Waals surface area contributed by atoms with Gasteiger partial charge in [-0.05, 0) is 26.7 Å². The Morgan fingerprint density at radius 3 is 2.50 bits per heavy atom. The Morgan fingerprint density at radius 2 is 2.12 bits per heavy atom. The summed E-state index contributed by atoms with van der Waals surface area (Å²) >= 11 is 0. The lowest BCUT2D eigenvalue weighted by Gasteiger charge is -2.05. The summed E-state index contributed by atoms with van der Waals surface area (Å²) in [6.45, 7) is 4.10. The van der Waals surface area contributed by atoms with Crippen LogP contribution in [0.4, 0.5) is 0 Å². The Morgan fingerprint density at radius 1 is 1.50 bits per heavy atom. The van der Waals surface area contributed by atoms with E-state index < -0.39 is 0 Å². The van der Waals surface area contributed by atoms with Crippen molar-refractivity contribution >= 4 is 0 Å². The van der Waals surface area contributed by atoms with Gasteiger partial charge in [0.15, 0.2) is 0 Å². The van der Waals surface area contributed by atoms with Crippen molar-refractivity contribution in [3.05, 3.63) is 12.3 Å². The fourth-order valence-corrected chi connectivity index (χ4v) is 0.526. The minimum Gasteiger partial charge on any atom is -0.496 e. The van der Waals surface area contributed by atoms with Crippen molar-refractivity contribution in [1.82, 2.24) is 0 Å². The number of hydrogen-bond acceptors (Lipinski definition) is 1. The lowest BCUT2D eigenvalue weighted by atomic mass is 10.4. The van der Waals surface area contributed by atoms with Crippen LogP contribution < -0.4 is 0 Å². The molecule has 0 N–H and O–H groups in total. The summed E-state index contributed by atoms with van der Waals surface area (Å²) in [4.78, 5) is 0. The van der Waals surface area contributed by atoms with E-state index in [1.165, 1.54) is 12.8 Å². The SMILES string of the molecule is C/C=C/OC1(C)CC1. The molecule has 0 bridgehead atoms. The second kappa shape index (κ2) is 1.81. The van der Waals surface area contributed by atoms with Gasteiger partial charge in [0.2, 0.25) is 0 Å². The molecule has 0 saturated heterocycles. The highest BCUT2D eigenvalue weighted by atomic mass is 16.5. The fraction of sp³-hybridized carbons (Fsp3) is 0.714.